The van der Waals surface area contributed by atoms with Gasteiger partial charge in [0.1, 0.15) is 0 Å². The molecule has 4 heterocycles. The Labute approximate surface area is 183 Å². The van der Waals surface area contributed by atoms with Crippen LogP contribution in [0.5, 0.6) is 0 Å². The van der Waals surface area contributed by atoms with Crippen LogP contribution in [0.2, 0.25) is 0 Å². The Morgan fingerprint density at radius 2 is 1.16 bits per heavy atom. The minimum Gasteiger partial charge on any atom is -0.399 e. The summed E-state index contributed by atoms with van der Waals surface area (Å²) in [5.41, 5.74) is 22.2. The Hall–Kier alpha value is -2.12. The molecule has 4 aliphatic rings. The van der Waals surface area contributed by atoms with Crippen molar-refractivity contribution in [3.05, 3.63) is 46.5 Å². The number of benzene rings is 2. The van der Waals surface area contributed by atoms with E-state index in [1.165, 1.54) is 27.8 Å². The molecule has 0 aromatic heterocycles. The summed E-state index contributed by atoms with van der Waals surface area (Å²) in [6.45, 7) is 3.26. The molecule has 0 aliphatic carbocycles. The van der Waals surface area contributed by atoms with Crippen LogP contribution < -0.4 is 11.5 Å². The number of anilines is 2. The molecule has 0 bridgehead atoms. The largest absolute Gasteiger partial charge is 0.399 e. The van der Waals surface area contributed by atoms with Gasteiger partial charge in [-0.1, -0.05) is 19.6 Å². The van der Waals surface area contributed by atoms with Gasteiger partial charge in [0.25, 0.3) is 0 Å². The van der Waals surface area contributed by atoms with E-state index < -0.39 is 0 Å². The summed E-state index contributed by atoms with van der Waals surface area (Å²) in [6, 6.07) is 8.15. The number of nitrogens with two attached hydrogens (primary N) is 2. The number of rotatable bonds is 9. The molecule has 2 aromatic rings. The van der Waals surface area contributed by atoms with E-state index in [9.17, 15) is 0 Å². The molecule has 4 unspecified atom stereocenters. The van der Waals surface area contributed by atoms with Gasteiger partial charge in [0.05, 0.1) is 50.8 Å². The fourth-order valence-electron chi connectivity index (χ4n) is 4.61. The van der Waals surface area contributed by atoms with Crippen LogP contribution in [0.1, 0.15) is 29.7 Å². The van der Waals surface area contributed by atoms with Crippen molar-refractivity contribution in [2.24, 2.45) is 0 Å². The summed E-state index contributed by atoms with van der Waals surface area (Å²) in [4.78, 5) is 0. The Bertz CT molecular complexity index is 976. The Morgan fingerprint density at radius 1 is 0.677 bits per heavy atom. The van der Waals surface area contributed by atoms with Crippen LogP contribution >= 0.6 is 0 Å². The maximum absolute atomic E-state index is 6.91. The third kappa shape index (κ3) is 4.58. The van der Waals surface area contributed by atoms with Gasteiger partial charge in [-0.3, -0.25) is 0 Å². The van der Waals surface area contributed by atoms with Crippen molar-refractivity contribution in [2.75, 3.05) is 37.9 Å². The van der Waals surface area contributed by atoms with Gasteiger partial charge in [-0.2, -0.15) is 0 Å². The van der Waals surface area contributed by atoms with Crippen LogP contribution in [0.25, 0.3) is 11.1 Å². The van der Waals surface area contributed by atoms with Crippen molar-refractivity contribution >= 4 is 11.4 Å². The molecule has 31 heavy (non-hydrogen) atoms. The Kier molecular flexibility index (Phi) is 5.42. The van der Waals surface area contributed by atoms with Crippen molar-refractivity contribution in [1.29, 1.82) is 0 Å². The first kappa shape index (κ1) is 20.8. The number of hydrogen-bond acceptors (Lipinski definition) is 6. The molecule has 6 rings (SSSR count). The van der Waals surface area contributed by atoms with Crippen molar-refractivity contribution in [1.82, 2.24) is 0 Å². The molecule has 4 aliphatic heterocycles. The zero-order chi connectivity index (χ0) is 20.2. The van der Waals surface area contributed by atoms with Crippen LogP contribution in [0.15, 0.2) is 24.3 Å². The normalized spacial score (nSPS) is 27.5. The lowest BCUT2D eigenvalue weighted by atomic mass is 9.80. The van der Waals surface area contributed by atoms with Crippen molar-refractivity contribution in [2.45, 2.75) is 57.5 Å². The lowest BCUT2D eigenvalue weighted by molar-refractivity contribution is 0.397. The first-order valence-electron chi connectivity index (χ1n) is 10.9. The second-order valence-electron chi connectivity index (χ2n) is 8.97. The van der Waals surface area contributed by atoms with Gasteiger partial charge in [0.15, 0.2) is 0 Å². The summed E-state index contributed by atoms with van der Waals surface area (Å²) >= 11 is 0. The quantitative estimate of drug-likeness (QED) is 0.474. The highest BCUT2D eigenvalue weighted by Gasteiger charge is 2.36. The summed E-state index contributed by atoms with van der Waals surface area (Å²) in [5, 5.41) is 0. The SMILES string of the molecule is C.Nc1cccc(-c2c(CC3CO3)c(N)c(CC3CO3)c(CC3CO3)c2CC2CO2)c1. The first-order valence-corrected chi connectivity index (χ1v) is 10.9. The van der Waals surface area contributed by atoms with E-state index in [4.69, 9.17) is 30.4 Å². The molecule has 6 nitrogen and oxygen atoms in total. The molecule has 0 amide bonds. The fourth-order valence-corrected chi connectivity index (χ4v) is 4.61. The van der Waals surface area contributed by atoms with E-state index in [1.807, 2.05) is 12.1 Å². The fraction of sp³-hybridized carbons (Fsp3) is 0.520. The predicted octanol–water partition coefficient (Wildman–Crippen LogP) is 2.92. The molecule has 4 fully saturated rings. The van der Waals surface area contributed by atoms with Gasteiger partial charge in [0, 0.05) is 37.1 Å². The predicted molar refractivity (Wildman–Crippen MR) is 121 cm³/mol. The van der Waals surface area contributed by atoms with Gasteiger partial charge >= 0.3 is 0 Å². The smallest absolute Gasteiger partial charge is 0.0851 e. The molecule has 6 heteroatoms. The van der Waals surface area contributed by atoms with Crippen LogP contribution in [-0.2, 0) is 44.6 Å². The molecular formula is C25H32N2O4. The molecule has 0 spiro atoms. The highest BCUT2D eigenvalue weighted by Crippen LogP contribution is 2.43. The molecular weight excluding hydrogens is 392 g/mol. The summed E-state index contributed by atoms with van der Waals surface area (Å²) in [5.74, 6) is 0. The van der Waals surface area contributed by atoms with Gasteiger partial charge in [-0.15, -0.1) is 0 Å². The van der Waals surface area contributed by atoms with E-state index in [-0.39, 0.29) is 31.8 Å². The number of nitrogen functional groups attached to an aromatic ring is 2. The monoisotopic (exact) mass is 424 g/mol. The third-order valence-electron chi connectivity index (χ3n) is 6.49. The number of epoxide rings is 4. The Balaban J connectivity index is 0.00000204. The average Bonchev–Trinajstić information content (AvgIpc) is 3.54. The molecule has 4 atom stereocenters. The molecule has 4 N–H and O–H groups in total. The minimum absolute atomic E-state index is 0. The van der Waals surface area contributed by atoms with Gasteiger partial charge in [0.2, 0.25) is 0 Å². The van der Waals surface area contributed by atoms with E-state index in [0.717, 1.165) is 69.0 Å². The standard InChI is InChI=1S/C24H28N2O4.CH4/c25-14-3-1-2-13(4-14)23-20(6-16-10-28-16)19(5-15-9-27-15)21(7-17-11-29-17)24(26)22(23)8-18-12-30-18;/h1-4,15-18H,5-12,25-26H2;1H4. The molecule has 2 aromatic carbocycles. The average molecular weight is 425 g/mol. The van der Waals surface area contributed by atoms with Crippen LogP contribution in [0, 0.1) is 0 Å². The lowest BCUT2D eigenvalue weighted by Crippen LogP contribution is -2.17. The zero-order valence-electron chi connectivity index (χ0n) is 17.1. The third-order valence-corrected chi connectivity index (χ3v) is 6.49. The molecule has 0 saturated carbocycles. The second-order valence-corrected chi connectivity index (χ2v) is 8.97. The van der Waals surface area contributed by atoms with Crippen molar-refractivity contribution in [3.8, 4) is 11.1 Å². The van der Waals surface area contributed by atoms with E-state index >= 15 is 0 Å². The van der Waals surface area contributed by atoms with Crippen LogP contribution in [0.4, 0.5) is 11.4 Å². The van der Waals surface area contributed by atoms with Crippen LogP contribution in [-0.4, -0.2) is 50.8 Å². The second kappa shape index (κ2) is 8.10. The maximum Gasteiger partial charge on any atom is 0.0851 e. The zero-order valence-corrected chi connectivity index (χ0v) is 17.1. The maximum atomic E-state index is 6.91. The lowest BCUT2D eigenvalue weighted by Gasteiger charge is -2.25. The summed E-state index contributed by atoms with van der Waals surface area (Å²) < 4.78 is 22.5. The van der Waals surface area contributed by atoms with Crippen LogP contribution in [0.3, 0.4) is 0 Å². The van der Waals surface area contributed by atoms with Crippen molar-refractivity contribution in [3.63, 3.8) is 0 Å². The molecule has 166 valence electrons. The summed E-state index contributed by atoms with van der Waals surface area (Å²) in [6.07, 6.45) is 4.57. The Morgan fingerprint density at radius 3 is 1.68 bits per heavy atom. The minimum atomic E-state index is 0. The number of hydrogen-bond donors (Lipinski definition) is 2. The topological polar surface area (TPSA) is 102 Å². The molecule has 0 radical (unpaired) electrons. The van der Waals surface area contributed by atoms with Crippen molar-refractivity contribution < 1.29 is 18.9 Å². The van der Waals surface area contributed by atoms with E-state index in [1.54, 1.807) is 0 Å². The van der Waals surface area contributed by atoms with E-state index in [2.05, 4.69) is 12.1 Å². The molecule has 4 saturated heterocycles. The van der Waals surface area contributed by atoms with E-state index in [0.29, 0.717) is 0 Å². The van der Waals surface area contributed by atoms with Gasteiger partial charge in [-0.25, -0.2) is 0 Å². The highest BCUT2D eigenvalue weighted by molar-refractivity contribution is 5.82. The first-order chi connectivity index (χ1) is 14.7. The summed E-state index contributed by atoms with van der Waals surface area (Å²) in [7, 11) is 0. The number of ether oxygens (including phenoxy) is 4. The van der Waals surface area contributed by atoms with Gasteiger partial charge < -0.3 is 30.4 Å². The van der Waals surface area contributed by atoms with Gasteiger partial charge in [-0.05, 0) is 45.5 Å². The highest BCUT2D eigenvalue weighted by atomic mass is 16.6.